The van der Waals surface area contributed by atoms with Gasteiger partial charge in [0.05, 0.1) is 0 Å². The molecule has 1 aliphatic carbocycles. The molecule has 0 fully saturated rings. The summed E-state index contributed by atoms with van der Waals surface area (Å²) in [5.74, 6) is 0. The van der Waals surface area contributed by atoms with Gasteiger partial charge in [0, 0.05) is 22.3 Å². The maximum Gasteiger partial charge on any atom is 0.0299 e. The van der Waals surface area contributed by atoms with E-state index in [1.807, 2.05) is 11.3 Å². The quantitative estimate of drug-likeness (QED) is 0.590. The van der Waals surface area contributed by atoms with E-state index in [0.717, 1.165) is 19.6 Å². The Balaban J connectivity index is 1.66. The van der Waals surface area contributed by atoms with E-state index in [1.54, 1.807) is 10.4 Å². The van der Waals surface area contributed by atoms with Gasteiger partial charge in [-0.05, 0) is 56.8 Å². The molecule has 2 rings (SSSR count). The van der Waals surface area contributed by atoms with E-state index in [0.29, 0.717) is 6.04 Å². The fourth-order valence-electron chi connectivity index (χ4n) is 2.63. The van der Waals surface area contributed by atoms with Crippen LogP contribution in [0.15, 0.2) is 6.07 Å². The number of fused-ring (bicyclic) bond motifs is 1. The lowest BCUT2D eigenvalue weighted by atomic mass is 10.1. The van der Waals surface area contributed by atoms with Crippen molar-refractivity contribution in [1.29, 1.82) is 0 Å². The van der Waals surface area contributed by atoms with Gasteiger partial charge in [-0.1, -0.05) is 20.3 Å². The summed E-state index contributed by atoms with van der Waals surface area (Å²) in [5.41, 5.74) is 1.64. The first kappa shape index (κ1) is 15.0. The van der Waals surface area contributed by atoms with Gasteiger partial charge in [0.15, 0.2) is 0 Å². The van der Waals surface area contributed by atoms with E-state index in [4.69, 9.17) is 0 Å². The minimum atomic E-state index is 0.605. The van der Waals surface area contributed by atoms with Crippen LogP contribution >= 0.6 is 11.3 Å². The summed E-state index contributed by atoms with van der Waals surface area (Å²) in [6.45, 7) is 7.69. The zero-order valence-corrected chi connectivity index (χ0v) is 13.2. The van der Waals surface area contributed by atoms with Crippen LogP contribution in [0.5, 0.6) is 0 Å². The van der Waals surface area contributed by atoms with Gasteiger partial charge in [0.25, 0.3) is 0 Å². The number of hydrogen-bond acceptors (Lipinski definition) is 3. The molecular weight excluding hydrogens is 252 g/mol. The Kier molecular flexibility index (Phi) is 6.35. The molecule has 108 valence electrons. The molecule has 0 radical (unpaired) electrons. The van der Waals surface area contributed by atoms with Gasteiger partial charge in [-0.3, -0.25) is 0 Å². The Morgan fingerprint density at radius 2 is 2.00 bits per heavy atom. The number of nitrogens with one attached hydrogen (secondary N) is 2. The molecule has 0 aliphatic heterocycles. The summed E-state index contributed by atoms with van der Waals surface area (Å²) in [6, 6.07) is 3.05. The van der Waals surface area contributed by atoms with Crippen molar-refractivity contribution in [3.63, 3.8) is 0 Å². The van der Waals surface area contributed by atoms with Crippen LogP contribution in [0.4, 0.5) is 0 Å². The van der Waals surface area contributed by atoms with Crippen molar-refractivity contribution in [2.45, 2.75) is 65.0 Å². The summed E-state index contributed by atoms with van der Waals surface area (Å²) in [6.07, 6.45) is 8.03. The molecule has 0 spiro atoms. The van der Waals surface area contributed by atoms with Crippen LogP contribution in [0.3, 0.4) is 0 Å². The molecule has 19 heavy (non-hydrogen) atoms. The maximum atomic E-state index is 3.57. The lowest BCUT2D eigenvalue weighted by Gasteiger charge is -2.08. The highest BCUT2D eigenvalue weighted by Gasteiger charge is 2.11. The van der Waals surface area contributed by atoms with Crippen LogP contribution in [-0.2, 0) is 19.4 Å². The van der Waals surface area contributed by atoms with Crippen LogP contribution in [0, 0.1) is 0 Å². The van der Waals surface area contributed by atoms with Crippen molar-refractivity contribution in [3.8, 4) is 0 Å². The second-order valence-corrected chi connectivity index (χ2v) is 7.08. The Labute approximate surface area is 122 Å². The second-order valence-electron chi connectivity index (χ2n) is 5.86. The van der Waals surface area contributed by atoms with Gasteiger partial charge in [-0.2, -0.15) is 0 Å². The van der Waals surface area contributed by atoms with Gasteiger partial charge < -0.3 is 10.6 Å². The van der Waals surface area contributed by atoms with Gasteiger partial charge in [0.1, 0.15) is 0 Å². The number of hydrogen-bond donors (Lipinski definition) is 2. The first-order valence-corrected chi connectivity index (χ1v) is 8.62. The summed E-state index contributed by atoms with van der Waals surface area (Å²) in [7, 11) is 0. The molecule has 1 aliphatic rings. The third-order valence-electron chi connectivity index (χ3n) is 3.68. The Hall–Kier alpha value is -0.380. The van der Waals surface area contributed by atoms with Crippen molar-refractivity contribution in [2.75, 3.05) is 13.1 Å². The Morgan fingerprint density at radius 3 is 2.84 bits per heavy atom. The standard InChI is InChI=1S/C16H28N2S/c1-13(2)18-10-6-9-17-12-15-11-14-7-4-3-5-8-16(14)19-15/h11,13,17-18H,3-10,12H2,1-2H3. The minimum absolute atomic E-state index is 0.605. The van der Waals surface area contributed by atoms with E-state index >= 15 is 0 Å². The van der Waals surface area contributed by atoms with E-state index < -0.39 is 0 Å². The SMILES string of the molecule is CC(C)NCCCNCc1cc2c(s1)CCCCC2. The highest BCUT2D eigenvalue weighted by molar-refractivity contribution is 7.12. The molecule has 2 N–H and O–H groups in total. The highest BCUT2D eigenvalue weighted by Crippen LogP contribution is 2.28. The molecule has 1 heterocycles. The molecule has 0 amide bonds. The van der Waals surface area contributed by atoms with Gasteiger partial charge in [-0.15, -0.1) is 11.3 Å². The topological polar surface area (TPSA) is 24.1 Å². The Morgan fingerprint density at radius 1 is 1.16 bits per heavy atom. The Bertz CT molecular complexity index is 347. The molecule has 1 aromatic rings. The van der Waals surface area contributed by atoms with Crippen LogP contribution in [0.1, 0.15) is 54.8 Å². The fraction of sp³-hybridized carbons (Fsp3) is 0.750. The van der Waals surface area contributed by atoms with E-state index in [2.05, 4.69) is 30.5 Å². The van der Waals surface area contributed by atoms with Crippen molar-refractivity contribution in [3.05, 3.63) is 21.4 Å². The monoisotopic (exact) mass is 280 g/mol. The third kappa shape index (κ3) is 5.25. The third-order valence-corrected chi connectivity index (χ3v) is 4.92. The zero-order valence-electron chi connectivity index (χ0n) is 12.4. The second kappa shape index (κ2) is 8.03. The largest absolute Gasteiger partial charge is 0.314 e. The number of thiophene rings is 1. The number of rotatable bonds is 7. The van der Waals surface area contributed by atoms with Gasteiger partial charge in [-0.25, -0.2) is 0 Å². The molecule has 0 saturated heterocycles. The average Bonchev–Trinajstić information content (AvgIpc) is 2.63. The molecule has 3 heteroatoms. The van der Waals surface area contributed by atoms with Crippen LogP contribution < -0.4 is 10.6 Å². The molecule has 0 saturated carbocycles. The van der Waals surface area contributed by atoms with Gasteiger partial charge >= 0.3 is 0 Å². The zero-order chi connectivity index (χ0) is 13.5. The highest BCUT2D eigenvalue weighted by atomic mass is 32.1. The minimum Gasteiger partial charge on any atom is -0.314 e. The van der Waals surface area contributed by atoms with E-state index in [-0.39, 0.29) is 0 Å². The van der Waals surface area contributed by atoms with E-state index in [1.165, 1.54) is 43.4 Å². The maximum absolute atomic E-state index is 3.57. The molecule has 0 aromatic carbocycles. The smallest absolute Gasteiger partial charge is 0.0299 e. The summed E-state index contributed by atoms with van der Waals surface area (Å²) >= 11 is 2.04. The van der Waals surface area contributed by atoms with Crippen LogP contribution in [-0.4, -0.2) is 19.1 Å². The van der Waals surface area contributed by atoms with Crippen molar-refractivity contribution in [1.82, 2.24) is 10.6 Å². The summed E-state index contributed by atoms with van der Waals surface area (Å²) < 4.78 is 0. The summed E-state index contributed by atoms with van der Waals surface area (Å²) in [4.78, 5) is 3.19. The molecule has 0 unspecified atom stereocenters. The first-order valence-electron chi connectivity index (χ1n) is 7.80. The normalized spacial score (nSPS) is 15.5. The van der Waals surface area contributed by atoms with Crippen LogP contribution in [0.25, 0.3) is 0 Å². The first-order chi connectivity index (χ1) is 9.25. The molecule has 0 atom stereocenters. The average molecular weight is 280 g/mol. The summed E-state index contributed by atoms with van der Waals surface area (Å²) in [5, 5.41) is 7.02. The fourth-order valence-corrected chi connectivity index (χ4v) is 3.86. The predicted molar refractivity (Wildman–Crippen MR) is 85.0 cm³/mol. The molecule has 2 nitrogen and oxygen atoms in total. The predicted octanol–water partition coefficient (Wildman–Crippen LogP) is 3.49. The van der Waals surface area contributed by atoms with Crippen molar-refractivity contribution >= 4 is 11.3 Å². The van der Waals surface area contributed by atoms with E-state index in [9.17, 15) is 0 Å². The molecule has 0 bridgehead atoms. The van der Waals surface area contributed by atoms with Crippen molar-refractivity contribution < 1.29 is 0 Å². The molecular formula is C16H28N2S. The number of aryl methyl sites for hydroxylation is 2. The van der Waals surface area contributed by atoms with Gasteiger partial charge in [0.2, 0.25) is 0 Å². The van der Waals surface area contributed by atoms with Crippen LogP contribution in [0.2, 0.25) is 0 Å². The lowest BCUT2D eigenvalue weighted by Crippen LogP contribution is -2.26. The van der Waals surface area contributed by atoms with Crippen molar-refractivity contribution in [2.24, 2.45) is 0 Å². The molecule has 1 aromatic heterocycles. The lowest BCUT2D eigenvalue weighted by molar-refractivity contribution is 0.548.